The van der Waals surface area contributed by atoms with Crippen LogP contribution in [0.1, 0.15) is 26.2 Å². The summed E-state index contributed by atoms with van der Waals surface area (Å²) in [5, 5.41) is 9.78. The molecule has 2 fully saturated rings. The molecule has 5 heteroatoms. The fourth-order valence-electron chi connectivity index (χ4n) is 2.64. The Labute approximate surface area is 110 Å². The lowest BCUT2D eigenvalue weighted by molar-refractivity contribution is -0.126. The molecular formula is C12H24ClN3O. The maximum absolute atomic E-state index is 11.7. The average molecular weight is 262 g/mol. The Balaban J connectivity index is 0.00000144. The van der Waals surface area contributed by atoms with Crippen LogP contribution in [0.2, 0.25) is 0 Å². The molecule has 0 aliphatic carbocycles. The quantitative estimate of drug-likeness (QED) is 0.695. The van der Waals surface area contributed by atoms with Crippen LogP contribution in [0.4, 0.5) is 0 Å². The zero-order valence-corrected chi connectivity index (χ0v) is 11.3. The Morgan fingerprint density at radius 1 is 1.35 bits per heavy atom. The molecule has 0 aromatic heterocycles. The lowest BCUT2D eigenvalue weighted by Crippen LogP contribution is -2.54. The molecule has 0 bridgehead atoms. The number of hydrogen-bond acceptors (Lipinski definition) is 3. The second kappa shape index (κ2) is 7.19. The molecule has 0 radical (unpaired) electrons. The van der Waals surface area contributed by atoms with Crippen molar-refractivity contribution in [3.63, 3.8) is 0 Å². The van der Waals surface area contributed by atoms with Gasteiger partial charge in [0, 0.05) is 6.54 Å². The molecule has 2 heterocycles. The van der Waals surface area contributed by atoms with E-state index in [0.717, 1.165) is 32.6 Å². The Morgan fingerprint density at radius 3 is 2.82 bits per heavy atom. The predicted octanol–water partition coefficient (Wildman–Crippen LogP) is 0.522. The van der Waals surface area contributed by atoms with Crippen molar-refractivity contribution in [3.05, 3.63) is 0 Å². The Bertz CT molecular complexity index is 244. The van der Waals surface area contributed by atoms with Gasteiger partial charge < -0.3 is 16.0 Å². The van der Waals surface area contributed by atoms with Crippen LogP contribution in [0.5, 0.6) is 0 Å². The highest BCUT2D eigenvalue weighted by Gasteiger charge is 2.28. The highest BCUT2D eigenvalue weighted by Crippen LogP contribution is 2.14. The second-order valence-corrected chi connectivity index (χ2v) is 5.16. The first kappa shape index (κ1) is 14.7. The van der Waals surface area contributed by atoms with Crippen molar-refractivity contribution in [2.75, 3.05) is 26.2 Å². The van der Waals surface area contributed by atoms with Crippen LogP contribution < -0.4 is 16.0 Å². The standard InChI is InChI=1S/C12H23N3O.ClH/c1-9-4-6-14-12(16)11(9)15-8-10-3-2-5-13-7-10;/h9-11,13,15H,2-8H2,1H3,(H,14,16);1H. The third-order valence-electron chi connectivity index (χ3n) is 3.78. The van der Waals surface area contributed by atoms with Gasteiger partial charge in [0.15, 0.2) is 0 Å². The molecule has 0 spiro atoms. The van der Waals surface area contributed by atoms with E-state index >= 15 is 0 Å². The molecule has 4 nitrogen and oxygen atoms in total. The fourth-order valence-corrected chi connectivity index (χ4v) is 2.64. The lowest BCUT2D eigenvalue weighted by Gasteiger charge is -2.31. The summed E-state index contributed by atoms with van der Waals surface area (Å²) in [5.74, 6) is 1.34. The maximum atomic E-state index is 11.7. The van der Waals surface area contributed by atoms with Crippen molar-refractivity contribution in [3.8, 4) is 0 Å². The van der Waals surface area contributed by atoms with E-state index in [1.807, 2.05) is 0 Å². The molecule has 0 saturated carbocycles. The van der Waals surface area contributed by atoms with Crippen molar-refractivity contribution in [2.45, 2.75) is 32.2 Å². The second-order valence-electron chi connectivity index (χ2n) is 5.16. The van der Waals surface area contributed by atoms with Crippen molar-refractivity contribution < 1.29 is 4.79 Å². The largest absolute Gasteiger partial charge is 0.355 e. The summed E-state index contributed by atoms with van der Waals surface area (Å²) < 4.78 is 0. The Morgan fingerprint density at radius 2 is 2.18 bits per heavy atom. The first-order valence-corrected chi connectivity index (χ1v) is 6.49. The van der Waals surface area contributed by atoms with Gasteiger partial charge in [-0.05, 0) is 50.7 Å². The van der Waals surface area contributed by atoms with Gasteiger partial charge in [0.1, 0.15) is 0 Å². The first-order valence-electron chi connectivity index (χ1n) is 6.49. The normalized spacial score (nSPS) is 33.7. The van der Waals surface area contributed by atoms with E-state index in [9.17, 15) is 4.79 Å². The molecular weight excluding hydrogens is 238 g/mol. The minimum atomic E-state index is 0. The van der Waals surface area contributed by atoms with Crippen LogP contribution in [0.15, 0.2) is 0 Å². The highest BCUT2D eigenvalue weighted by molar-refractivity contribution is 5.85. The predicted molar refractivity (Wildman–Crippen MR) is 71.4 cm³/mol. The summed E-state index contributed by atoms with van der Waals surface area (Å²) >= 11 is 0. The van der Waals surface area contributed by atoms with Crippen molar-refractivity contribution in [1.29, 1.82) is 0 Å². The van der Waals surface area contributed by atoms with Gasteiger partial charge in [-0.15, -0.1) is 12.4 Å². The van der Waals surface area contributed by atoms with Crippen LogP contribution in [0.3, 0.4) is 0 Å². The van der Waals surface area contributed by atoms with Crippen LogP contribution in [0.25, 0.3) is 0 Å². The minimum absolute atomic E-state index is 0. The average Bonchev–Trinajstić information content (AvgIpc) is 2.30. The van der Waals surface area contributed by atoms with E-state index in [4.69, 9.17) is 0 Å². The summed E-state index contributed by atoms with van der Waals surface area (Å²) in [6, 6.07) is 0.0238. The lowest BCUT2D eigenvalue weighted by atomic mass is 9.92. The van der Waals surface area contributed by atoms with E-state index in [1.165, 1.54) is 12.8 Å². The summed E-state index contributed by atoms with van der Waals surface area (Å²) in [6.45, 7) is 6.21. The van der Waals surface area contributed by atoms with E-state index in [1.54, 1.807) is 0 Å². The minimum Gasteiger partial charge on any atom is -0.355 e. The number of carbonyl (C=O) groups is 1. The smallest absolute Gasteiger partial charge is 0.237 e. The van der Waals surface area contributed by atoms with Gasteiger partial charge in [0.25, 0.3) is 0 Å². The van der Waals surface area contributed by atoms with Gasteiger partial charge in [-0.3, -0.25) is 4.79 Å². The summed E-state index contributed by atoms with van der Waals surface area (Å²) in [4.78, 5) is 11.7. The molecule has 2 aliphatic rings. The van der Waals surface area contributed by atoms with E-state index < -0.39 is 0 Å². The number of carbonyl (C=O) groups excluding carboxylic acids is 1. The van der Waals surface area contributed by atoms with Crippen molar-refractivity contribution in [2.24, 2.45) is 11.8 Å². The topological polar surface area (TPSA) is 53.2 Å². The molecule has 1 amide bonds. The third-order valence-corrected chi connectivity index (χ3v) is 3.78. The molecule has 3 unspecified atom stereocenters. The van der Waals surface area contributed by atoms with E-state index in [-0.39, 0.29) is 24.4 Å². The first-order chi connectivity index (χ1) is 7.77. The third kappa shape index (κ3) is 4.12. The van der Waals surface area contributed by atoms with Crippen LogP contribution in [-0.2, 0) is 4.79 Å². The zero-order valence-electron chi connectivity index (χ0n) is 10.5. The van der Waals surface area contributed by atoms with Gasteiger partial charge in [-0.1, -0.05) is 6.92 Å². The fraction of sp³-hybridized carbons (Fsp3) is 0.917. The number of piperidine rings is 2. The molecule has 2 rings (SSSR count). The number of amides is 1. The van der Waals surface area contributed by atoms with E-state index in [0.29, 0.717) is 11.8 Å². The molecule has 0 aromatic rings. The number of halogens is 1. The van der Waals surface area contributed by atoms with Gasteiger partial charge in [0.05, 0.1) is 6.04 Å². The van der Waals surface area contributed by atoms with Gasteiger partial charge >= 0.3 is 0 Å². The van der Waals surface area contributed by atoms with Crippen LogP contribution >= 0.6 is 12.4 Å². The molecule has 2 aliphatic heterocycles. The van der Waals surface area contributed by atoms with Gasteiger partial charge in [-0.2, -0.15) is 0 Å². The molecule has 2 saturated heterocycles. The molecule has 100 valence electrons. The molecule has 17 heavy (non-hydrogen) atoms. The SMILES string of the molecule is CC1CCNC(=O)C1NCC1CCCNC1.Cl. The summed E-state index contributed by atoms with van der Waals surface area (Å²) in [7, 11) is 0. The number of rotatable bonds is 3. The highest BCUT2D eigenvalue weighted by atomic mass is 35.5. The zero-order chi connectivity index (χ0) is 11.4. The summed E-state index contributed by atoms with van der Waals surface area (Å²) in [6.07, 6.45) is 3.63. The van der Waals surface area contributed by atoms with Crippen LogP contribution in [0, 0.1) is 11.8 Å². The Hall–Kier alpha value is -0.320. The Kier molecular flexibility index (Phi) is 6.23. The summed E-state index contributed by atoms with van der Waals surface area (Å²) in [5.41, 5.74) is 0. The monoisotopic (exact) mass is 261 g/mol. The number of nitrogens with one attached hydrogen (secondary N) is 3. The van der Waals surface area contributed by atoms with Crippen molar-refractivity contribution in [1.82, 2.24) is 16.0 Å². The van der Waals surface area contributed by atoms with Gasteiger partial charge in [0.2, 0.25) is 5.91 Å². The number of hydrogen-bond donors (Lipinski definition) is 3. The van der Waals surface area contributed by atoms with E-state index in [2.05, 4.69) is 22.9 Å². The maximum Gasteiger partial charge on any atom is 0.237 e. The molecule has 3 atom stereocenters. The van der Waals surface area contributed by atoms with Crippen molar-refractivity contribution >= 4 is 18.3 Å². The van der Waals surface area contributed by atoms with Gasteiger partial charge in [-0.25, -0.2) is 0 Å². The molecule has 0 aromatic carbocycles. The molecule has 3 N–H and O–H groups in total. The van der Waals surface area contributed by atoms with Crippen LogP contribution in [-0.4, -0.2) is 38.1 Å².